The minimum absolute atomic E-state index is 0.0213. The Hall–Kier alpha value is -2.77. The molecular formula is C20H17N3O2S2. The molecule has 4 aromatic rings. The van der Waals surface area contributed by atoms with Crippen LogP contribution in [0.3, 0.4) is 0 Å². The third-order valence-electron chi connectivity index (χ3n) is 4.38. The molecule has 1 aromatic carbocycles. The molecule has 0 spiro atoms. The van der Waals surface area contributed by atoms with Gasteiger partial charge in [0.1, 0.15) is 11.4 Å². The predicted octanol–water partition coefficient (Wildman–Crippen LogP) is 3.85. The number of rotatable bonds is 5. The van der Waals surface area contributed by atoms with Gasteiger partial charge in [-0.05, 0) is 28.0 Å². The average molecular weight is 396 g/mol. The summed E-state index contributed by atoms with van der Waals surface area (Å²) >= 11 is 3.04. The van der Waals surface area contributed by atoms with Gasteiger partial charge in [-0.15, -0.1) is 11.3 Å². The predicted molar refractivity (Wildman–Crippen MR) is 110 cm³/mol. The fourth-order valence-electron chi connectivity index (χ4n) is 2.92. The Kier molecular flexibility index (Phi) is 4.87. The smallest absolute Gasteiger partial charge is 0.263 e. The summed E-state index contributed by atoms with van der Waals surface area (Å²) in [4.78, 5) is 32.3. The van der Waals surface area contributed by atoms with E-state index in [1.54, 1.807) is 23.3 Å². The van der Waals surface area contributed by atoms with Crippen LogP contribution in [0.15, 0.2) is 63.7 Å². The van der Waals surface area contributed by atoms with E-state index in [1.165, 1.54) is 22.2 Å². The molecule has 1 amide bonds. The minimum atomic E-state index is -0.183. The summed E-state index contributed by atoms with van der Waals surface area (Å²) in [5.74, 6) is -0.124. The van der Waals surface area contributed by atoms with E-state index in [0.29, 0.717) is 16.8 Å². The van der Waals surface area contributed by atoms with Crippen LogP contribution in [0.4, 0.5) is 0 Å². The fraction of sp³-hybridized carbons (Fsp3) is 0.150. The van der Waals surface area contributed by atoms with Gasteiger partial charge in [0.2, 0.25) is 5.91 Å². The Balaban J connectivity index is 1.64. The maximum absolute atomic E-state index is 13.0. The van der Waals surface area contributed by atoms with E-state index < -0.39 is 0 Å². The molecule has 0 bridgehead atoms. The average Bonchev–Trinajstić information content (AvgIpc) is 3.34. The van der Waals surface area contributed by atoms with Crippen LogP contribution in [0.5, 0.6) is 0 Å². The SMILES string of the molecule is CN(Cc1ccsc1)C(=O)Cn1cnc2scc(-c3ccccc3)c2c1=O. The molecule has 0 saturated heterocycles. The van der Waals surface area contributed by atoms with Gasteiger partial charge in [-0.25, -0.2) is 4.98 Å². The first-order valence-electron chi connectivity index (χ1n) is 8.40. The lowest BCUT2D eigenvalue weighted by Gasteiger charge is -2.17. The van der Waals surface area contributed by atoms with E-state index in [2.05, 4.69) is 4.98 Å². The van der Waals surface area contributed by atoms with Crippen molar-refractivity contribution in [3.05, 3.63) is 74.8 Å². The van der Waals surface area contributed by atoms with Crippen LogP contribution in [0.1, 0.15) is 5.56 Å². The number of hydrogen-bond acceptors (Lipinski definition) is 5. The molecule has 3 heterocycles. The van der Waals surface area contributed by atoms with Crippen LogP contribution in [0.25, 0.3) is 21.3 Å². The molecule has 0 aliphatic heterocycles. The molecule has 3 aromatic heterocycles. The van der Waals surface area contributed by atoms with E-state index in [4.69, 9.17) is 0 Å². The van der Waals surface area contributed by atoms with Gasteiger partial charge in [0.05, 0.1) is 11.7 Å². The van der Waals surface area contributed by atoms with Crippen molar-refractivity contribution < 1.29 is 4.79 Å². The number of carbonyl (C=O) groups is 1. The topological polar surface area (TPSA) is 55.2 Å². The van der Waals surface area contributed by atoms with Crippen molar-refractivity contribution in [3.63, 3.8) is 0 Å². The van der Waals surface area contributed by atoms with Crippen molar-refractivity contribution in [2.24, 2.45) is 0 Å². The zero-order chi connectivity index (χ0) is 18.8. The Bertz CT molecular complexity index is 1130. The normalized spacial score (nSPS) is 11.0. The van der Waals surface area contributed by atoms with E-state index in [-0.39, 0.29) is 18.0 Å². The van der Waals surface area contributed by atoms with Crippen LogP contribution in [-0.4, -0.2) is 27.4 Å². The lowest BCUT2D eigenvalue weighted by Crippen LogP contribution is -2.33. The highest BCUT2D eigenvalue weighted by Gasteiger charge is 2.16. The second-order valence-electron chi connectivity index (χ2n) is 6.25. The van der Waals surface area contributed by atoms with Gasteiger partial charge in [-0.3, -0.25) is 14.2 Å². The number of amides is 1. The molecule has 0 aliphatic carbocycles. The summed E-state index contributed by atoms with van der Waals surface area (Å²) in [7, 11) is 1.75. The van der Waals surface area contributed by atoms with Crippen LogP contribution in [0, 0.1) is 0 Å². The quantitative estimate of drug-likeness (QED) is 0.516. The molecule has 4 rings (SSSR count). The third kappa shape index (κ3) is 3.56. The van der Waals surface area contributed by atoms with E-state index in [0.717, 1.165) is 16.7 Å². The number of aromatic nitrogens is 2. The Morgan fingerprint density at radius 2 is 2.00 bits per heavy atom. The molecule has 5 nitrogen and oxygen atoms in total. The lowest BCUT2D eigenvalue weighted by molar-refractivity contribution is -0.131. The summed E-state index contributed by atoms with van der Waals surface area (Å²) in [5, 5.41) is 6.52. The molecular weight excluding hydrogens is 378 g/mol. The highest BCUT2D eigenvalue weighted by Crippen LogP contribution is 2.30. The van der Waals surface area contributed by atoms with Crippen molar-refractivity contribution in [1.82, 2.24) is 14.5 Å². The number of nitrogens with zero attached hydrogens (tertiary/aromatic N) is 3. The van der Waals surface area contributed by atoms with E-state index >= 15 is 0 Å². The second kappa shape index (κ2) is 7.46. The van der Waals surface area contributed by atoms with Crippen LogP contribution in [-0.2, 0) is 17.9 Å². The van der Waals surface area contributed by atoms with Crippen molar-refractivity contribution in [1.29, 1.82) is 0 Å². The monoisotopic (exact) mass is 395 g/mol. The van der Waals surface area contributed by atoms with Gasteiger partial charge < -0.3 is 4.90 Å². The van der Waals surface area contributed by atoms with E-state index in [1.807, 2.05) is 52.5 Å². The Labute approximate surface area is 164 Å². The summed E-state index contributed by atoms with van der Waals surface area (Å²) in [6.45, 7) is 0.507. The van der Waals surface area contributed by atoms with Crippen molar-refractivity contribution >= 4 is 38.8 Å². The molecule has 7 heteroatoms. The molecule has 27 heavy (non-hydrogen) atoms. The first kappa shape index (κ1) is 17.6. The number of fused-ring (bicyclic) bond motifs is 1. The number of benzene rings is 1. The van der Waals surface area contributed by atoms with Crippen LogP contribution in [0.2, 0.25) is 0 Å². The highest BCUT2D eigenvalue weighted by molar-refractivity contribution is 7.17. The van der Waals surface area contributed by atoms with Crippen LogP contribution < -0.4 is 5.56 Å². The van der Waals surface area contributed by atoms with Crippen molar-refractivity contribution in [3.8, 4) is 11.1 Å². The molecule has 0 saturated carbocycles. The number of hydrogen-bond donors (Lipinski definition) is 0. The Morgan fingerprint density at radius 3 is 2.74 bits per heavy atom. The Morgan fingerprint density at radius 1 is 1.19 bits per heavy atom. The van der Waals surface area contributed by atoms with E-state index in [9.17, 15) is 9.59 Å². The maximum atomic E-state index is 13.0. The van der Waals surface area contributed by atoms with Gasteiger partial charge in [0.25, 0.3) is 5.56 Å². The minimum Gasteiger partial charge on any atom is -0.340 e. The number of thiophene rings is 2. The largest absolute Gasteiger partial charge is 0.340 e. The standard InChI is InChI=1S/C20H17N3O2S2/c1-22(9-14-7-8-26-11-14)17(24)10-23-13-21-19-18(20(23)25)16(12-27-19)15-5-3-2-4-6-15/h2-8,11-13H,9-10H2,1H3. The summed E-state index contributed by atoms with van der Waals surface area (Å²) in [6, 6.07) is 11.8. The van der Waals surface area contributed by atoms with Gasteiger partial charge in [0, 0.05) is 24.5 Å². The van der Waals surface area contributed by atoms with Gasteiger partial charge >= 0.3 is 0 Å². The molecule has 0 fully saturated rings. The summed E-state index contributed by atoms with van der Waals surface area (Å²) < 4.78 is 1.40. The molecule has 0 unspecified atom stereocenters. The fourth-order valence-corrected chi connectivity index (χ4v) is 4.49. The molecule has 0 atom stereocenters. The van der Waals surface area contributed by atoms with Crippen LogP contribution >= 0.6 is 22.7 Å². The number of likely N-dealkylation sites (N-methyl/N-ethyl adjacent to an activating group) is 1. The number of carbonyl (C=O) groups excluding carboxylic acids is 1. The highest BCUT2D eigenvalue weighted by atomic mass is 32.1. The molecule has 0 radical (unpaired) electrons. The van der Waals surface area contributed by atoms with Gasteiger partial charge in [-0.2, -0.15) is 11.3 Å². The maximum Gasteiger partial charge on any atom is 0.263 e. The zero-order valence-corrected chi connectivity index (χ0v) is 16.3. The van der Waals surface area contributed by atoms with Gasteiger partial charge in [-0.1, -0.05) is 30.3 Å². The molecule has 0 aliphatic rings. The first-order valence-corrected chi connectivity index (χ1v) is 10.2. The summed E-state index contributed by atoms with van der Waals surface area (Å²) in [5.41, 5.74) is 2.74. The first-order chi connectivity index (χ1) is 13.1. The molecule has 136 valence electrons. The van der Waals surface area contributed by atoms with Crippen molar-refractivity contribution in [2.75, 3.05) is 7.05 Å². The summed E-state index contributed by atoms with van der Waals surface area (Å²) in [6.07, 6.45) is 1.46. The lowest BCUT2D eigenvalue weighted by atomic mass is 10.1. The third-order valence-corrected chi connectivity index (χ3v) is 6.00. The van der Waals surface area contributed by atoms with Crippen molar-refractivity contribution in [2.45, 2.75) is 13.1 Å². The second-order valence-corrected chi connectivity index (χ2v) is 7.89. The van der Waals surface area contributed by atoms with Gasteiger partial charge in [0.15, 0.2) is 0 Å². The zero-order valence-electron chi connectivity index (χ0n) is 14.7. The molecule has 0 N–H and O–H groups in total.